The highest BCUT2D eigenvalue weighted by Gasteiger charge is 2.47. The Bertz CT molecular complexity index is 1610. The van der Waals surface area contributed by atoms with Crippen LogP contribution < -0.4 is 4.90 Å². The van der Waals surface area contributed by atoms with Crippen molar-refractivity contribution in [3.05, 3.63) is 64.3 Å². The van der Waals surface area contributed by atoms with Crippen LogP contribution in [-0.2, 0) is 42.5 Å². The van der Waals surface area contributed by atoms with Crippen LogP contribution in [-0.4, -0.2) is 20.7 Å². The van der Waals surface area contributed by atoms with Gasteiger partial charge >= 0.3 is 12.4 Å². The fourth-order valence-corrected chi connectivity index (χ4v) is 5.79. The molecule has 198 valence electrons. The molecule has 0 saturated heterocycles. The molecule has 0 radical (unpaired) electrons. The van der Waals surface area contributed by atoms with Gasteiger partial charge in [0.15, 0.2) is 0 Å². The molecule has 0 fully saturated rings. The van der Waals surface area contributed by atoms with Crippen LogP contribution in [0.5, 0.6) is 0 Å². The second-order valence-corrected chi connectivity index (χ2v) is 10.4. The van der Waals surface area contributed by atoms with Crippen molar-refractivity contribution in [1.82, 2.24) is 14.8 Å². The number of fused-ring (bicyclic) bond motifs is 6. The van der Waals surface area contributed by atoms with Gasteiger partial charge < -0.3 is 4.57 Å². The van der Waals surface area contributed by atoms with Crippen molar-refractivity contribution in [2.45, 2.75) is 50.9 Å². The third kappa shape index (κ3) is 3.40. The molecule has 0 saturated carbocycles. The Morgan fingerprint density at radius 2 is 1.61 bits per heavy atom. The Labute approximate surface area is 213 Å². The Hall–Kier alpha value is -3.76. The second-order valence-electron chi connectivity index (χ2n) is 10.4. The Kier molecular flexibility index (Phi) is 4.94. The third-order valence-corrected chi connectivity index (χ3v) is 7.73. The first kappa shape index (κ1) is 24.6. The molecule has 1 N–H and O–H groups in total. The summed E-state index contributed by atoms with van der Waals surface area (Å²) in [5.74, 6) is -0.600. The van der Waals surface area contributed by atoms with E-state index < -0.39 is 40.5 Å². The number of H-pyrrole nitrogens is 1. The number of aryl methyl sites for hydroxylation is 3. The van der Waals surface area contributed by atoms with E-state index in [0.29, 0.717) is 24.1 Å². The van der Waals surface area contributed by atoms with Crippen molar-refractivity contribution < 1.29 is 31.1 Å². The first-order chi connectivity index (χ1) is 17.7. The van der Waals surface area contributed by atoms with Gasteiger partial charge in [0, 0.05) is 18.0 Å². The molecule has 1 amide bonds. The predicted octanol–water partition coefficient (Wildman–Crippen LogP) is 7.05. The number of benzene rings is 2. The first-order valence-corrected chi connectivity index (χ1v) is 12.0. The summed E-state index contributed by atoms with van der Waals surface area (Å²) in [6.45, 7) is 3.25. The fourth-order valence-electron chi connectivity index (χ4n) is 5.79. The molecule has 38 heavy (non-hydrogen) atoms. The molecule has 0 unspecified atom stereocenters. The second kappa shape index (κ2) is 7.64. The minimum atomic E-state index is -5.03. The van der Waals surface area contributed by atoms with Gasteiger partial charge in [0.2, 0.25) is 5.91 Å². The fraction of sp³-hybridized carbons (Fsp3) is 0.333. The molecule has 1 aliphatic heterocycles. The highest BCUT2D eigenvalue weighted by molar-refractivity contribution is 6.15. The standard InChI is InChI=1S/C27H22F6N4O/c1-25(2)19-11-20-18(17-6-4-5-13-12-34-35-22(13)23(17)36(20)3)10-21(19)37(24(25)38)16-8-14(26(28,29)30)7-15(9-16)27(31,32)33/h7-12H,4-6H2,1-3H3,(H,34,35). The molecule has 3 heterocycles. The van der Waals surface area contributed by atoms with Crippen molar-refractivity contribution in [3.63, 3.8) is 0 Å². The normalized spacial score (nSPS) is 17.0. The average molecular weight is 532 g/mol. The average Bonchev–Trinajstić information content (AvgIpc) is 3.39. The van der Waals surface area contributed by atoms with Crippen molar-refractivity contribution in [1.29, 1.82) is 0 Å². The molecule has 6 rings (SSSR count). The summed E-state index contributed by atoms with van der Waals surface area (Å²) in [6, 6.07) is 4.82. The number of nitrogens with zero attached hydrogens (tertiary/aromatic N) is 3. The molecule has 11 heteroatoms. The van der Waals surface area contributed by atoms with Gasteiger partial charge in [0.05, 0.1) is 45.5 Å². The maximum absolute atomic E-state index is 13.6. The van der Waals surface area contributed by atoms with Gasteiger partial charge in [-0.05, 0) is 80.1 Å². The number of nitrogens with one attached hydrogen (secondary N) is 1. The van der Waals surface area contributed by atoms with E-state index in [2.05, 4.69) is 10.2 Å². The number of halogens is 6. The van der Waals surface area contributed by atoms with E-state index in [0.717, 1.165) is 51.2 Å². The predicted molar refractivity (Wildman–Crippen MR) is 129 cm³/mol. The van der Waals surface area contributed by atoms with E-state index in [1.54, 1.807) is 26.1 Å². The lowest BCUT2D eigenvalue weighted by Gasteiger charge is -2.23. The monoisotopic (exact) mass is 532 g/mol. The molecule has 1 aliphatic carbocycles. The summed E-state index contributed by atoms with van der Waals surface area (Å²) in [7, 11) is 1.90. The zero-order valence-corrected chi connectivity index (χ0v) is 20.6. The molecule has 4 aromatic rings. The molecule has 5 nitrogen and oxygen atoms in total. The van der Waals surface area contributed by atoms with Crippen LogP contribution in [0.15, 0.2) is 36.5 Å². The zero-order valence-electron chi connectivity index (χ0n) is 20.6. The third-order valence-electron chi connectivity index (χ3n) is 7.73. The summed E-state index contributed by atoms with van der Waals surface area (Å²) >= 11 is 0. The van der Waals surface area contributed by atoms with E-state index in [9.17, 15) is 31.1 Å². The first-order valence-electron chi connectivity index (χ1n) is 12.0. The zero-order chi connectivity index (χ0) is 27.4. The molecule has 0 spiro atoms. The summed E-state index contributed by atoms with van der Waals surface area (Å²) in [4.78, 5) is 14.6. The van der Waals surface area contributed by atoms with Gasteiger partial charge in [0.25, 0.3) is 0 Å². The quantitative estimate of drug-likeness (QED) is 0.267. The molecule has 2 aliphatic rings. The van der Waals surface area contributed by atoms with Crippen LogP contribution in [0.4, 0.5) is 37.7 Å². The number of aromatic amines is 1. The van der Waals surface area contributed by atoms with Gasteiger partial charge in [-0.1, -0.05) is 0 Å². The summed E-state index contributed by atoms with van der Waals surface area (Å²) in [5.41, 5.74) is 0.916. The Balaban J connectivity index is 1.63. The number of carbonyl (C=O) groups is 1. The van der Waals surface area contributed by atoms with Crippen LogP contribution in [0.1, 0.15) is 48.1 Å². The highest BCUT2D eigenvalue weighted by Crippen LogP contribution is 2.50. The number of aromatic nitrogens is 3. The SMILES string of the molecule is Cn1c2c(c3cc4c(cc31)C(C)(C)C(=O)N4c1cc(C(F)(F)F)cc(C(F)(F)F)c1)CCCc1cn[nH]c1-2. The number of amides is 1. The number of rotatable bonds is 1. The lowest BCUT2D eigenvalue weighted by Crippen LogP contribution is -2.33. The molecular formula is C27H22F6N4O. The van der Waals surface area contributed by atoms with Gasteiger partial charge in [-0.15, -0.1) is 0 Å². The van der Waals surface area contributed by atoms with Gasteiger partial charge in [0.1, 0.15) is 0 Å². The summed E-state index contributed by atoms with van der Waals surface area (Å²) in [6.07, 6.45) is -5.90. The van der Waals surface area contributed by atoms with Crippen LogP contribution in [0, 0.1) is 0 Å². The van der Waals surface area contributed by atoms with Crippen LogP contribution in [0.3, 0.4) is 0 Å². The van der Waals surface area contributed by atoms with E-state index in [4.69, 9.17) is 0 Å². The molecule has 0 bridgehead atoms. The van der Waals surface area contributed by atoms with Crippen molar-refractivity contribution in [2.24, 2.45) is 7.05 Å². The highest BCUT2D eigenvalue weighted by atomic mass is 19.4. The van der Waals surface area contributed by atoms with Crippen LogP contribution >= 0.6 is 0 Å². The minimum Gasteiger partial charge on any atom is -0.342 e. The van der Waals surface area contributed by atoms with Crippen LogP contribution in [0.25, 0.3) is 22.3 Å². The van der Waals surface area contributed by atoms with Gasteiger partial charge in [-0.3, -0.25) is 14.8 Å². The van der Waals surface area contributed by atoms with Crippen molar-refractivity contribution in [3.8, 4) is 11.4 Å². The van der Waals surface area contributed by atoms with Crippen molar-refractivity contribution in [2.75, 3.05) is 4.90 Å². The van der Waals surface area contributed by atoms with Crippen LogP contribution in [0.2, 0.25) is 0 Å². The molecule has 2 aromatic heterocycles. The van der Waals surface area contributed by atoms with E-state index >= 15 is 0 Å². The maximum atomic E-state index is 13.6. The number of hydrogen-bond acceptors (Lipinski definition) is 2. The largest absolute Gasteiger partial charge is 0.416 e. The van der Waals surface area contributed by atoms with E-state index in [1.165, 1.54) is 0 Å². The van der Waals surface area contributed by atoms with E-state index in [-0.39, 0.29) is 11.8 Å². The molecule has 0 atom stereocenters. The number of alkyl halides is 6. The maximum Gasteiger partial charge on any atom is 0.416 e. The number of anilines is 2. The summed E-state index contributed by atoms with van der Waals surface area (Å²) < 4.78 is 83.7. The topological polar surface area (TPSA) is 53.9 Å². The Morgan fingerprint density at radius 3 is 2.24 bits per heavy atom. The number of carbonyl (C=O) groups excluding carboxylic acids is 1. The van der Waals surface area contributed by atoms with E-state index in [1.807, 2.05) is 17.7 Å². The number of hydrogen-bond donors (Lipinski definition) is 1. The minimum absolute atomic E-state index is 0.0678. The van der Waals surface area contributed by atoms with Crippen molar-refractivity contribution >= 4 is 28.2 Å². The van der Waals surface area contributed by atoms with Gasteiger partial charge in [-0.2, -0.15) is 31.4 Å². The Morgan fingerprint density at radius 1 is 0.947 bits per heavy atom. The lowest BCUT2D eigenvalue weighted by atomic mass is 9.85. The summed E-state index contributed by atoms with van der Waals surface area (Å²) in [5, 5.41) is 8.04. The molecular weight excluding hydrogens is 510 g/mol. The lowest BCUT2D eigenvalue weighted by molar-refractivity contribution is -0.143. The smallest absolute Gasteiger partial charge is 0.342 e. The molecule has 2 aromatic carbocycles. The van der Waals surface area contributed by atoms with Gasteiger partial charge in [-0.25, -0.2) is 0 Å².